The molecule has 1 saturated carbocycles. The number of phenolic OH excluding ortho intramolecular Hbond substituents is 1. The maximum atomic E-state index is 10.6. The van der Waals surface area contributed by atoms with Gasteiger partial charge in [0.2, 0.25) is 0 Å². The number of ether oxygens (including phenoxy) is 1. The second kappa shape index (κ2) is 16.8. The minimum absolute atomic E-state index is 0.00876. The van der Waals surface area contributed by atoms with Crippen LogP contribution >= 0.6 is 0 Å². The molecule has 1 aliphatic carbocycles. The second-order valence-corrected chi connectivity index (χ2v) is 12.8. The van der Waals surface area contributed by atoms with Gasteiger partial charge in [-0.1, -0.05) is 70.4 Å². The first-order valence-electron chi connectivity index (χ1n) is 16.8. The summed E-state index contributed by atoms with van der Waals surface area (Å²) in [7, 11) is 0. The number of aromatic hydroxyl groups is 1. The van der Waals surface area contributed by atoms with Gasteiger partial charge in [-0.25, -0.2) is 0 Å². The molecule has 2 aliphatic rings. The Morgan fingerprint density at radius 2 is 1.77 bits per heavy atom. The fourth-order valence-electron chi connectivity index (χ4n) is 7.19. The van der Waals surface area contributed by atoms with Gasteiger partial charge in [-0.05, 0) is 92.3 Å². The lowest BCUT2D eigenvalue weighted by Gasteiger charge is -2.44. The van der Waals surface area contributed by atoms with Crippen LogP contribution in [-0.4, -0.2) is 45.7 Å². The van der Waals surface area contributed by atoms with Gasteiger partial charge in [-0.2, -0.15) is 0 Å². The quantitative estimate of drug-likeness (QED) is 0.106. The van der Waals surface area contributed by atoms with Gasteiger partial charge in [-0.15, -0.1) is 0 Å². The molecule has 3 atom stereocenters. The van der Waals surface area contributed by atoms with Crippen molar-refractivity contribution in [2.75, 3.05) is 13.2 Å². The molecule has 1 aliphatic heterocycles. The summed E-state index contributed by atoms with van der Waals surface area (Å²) in [5, 5.41) is 34.7. The molecule has 0 bridgehead atoms. The normalized spacial score (nSPS) is 18.7. The first-order valence-corrected chi connectivity index (χ1v) is 16.8. The second-order valence-electron chi connectivity index (χ2n) is 12.8. The zero-order chi connectivity index (χ0) is 30.5. The topological polar surface area (TPSA) is 124 Å². The number of nitrogens with two attached hydrogens (primary N) is 1. The van der Waals surface area contributed by atoms with E-state index in [2.05, 4.69) is 41.5 Å². The number of hydrogen-bond acceptors (Lipinski definition) is 6. The number of aromatic amines is 1. The van der Waals surface area contributed by atoms with Gasteiger partial charge in [0.25, 0.3) is 0 Å². The number of H-pyrrole nitrogens is 1. The van der Waals surface area contributed by atoms with Gasteiger partial charge in [0.15, 0.2) is 11.5 Å². The number of aromatic nitrogens is 1. The predicted molar refractivity (Wildman–Crippen MR) is 174 cm³/mol. The highest BCUT2D eigenvalue weighted by Gasteiger charge is 2.43. The molecule has 43 heavy (non-hydrogen) atoms. The van der Waals surface area contributed by atoms with Crippen molar-refractivity contribution >= 4 is 0 Å². The van der Waals surface area contributed by atoms with Crippen molar-refractivity contribution < 1.29 is 20.1 Å². The Morgan fingerprint density at radius 1 is 0.977 bits per heavy atom. The number of unbranched alkanes of at least 4 members (excludes halogenated alkanes) is 4. The van der Waals surface area contributed by atoms with E-state index in [1.54, 1.807) is 6.07 Å². The number of aliphatic hydroxyl groups excluding tert-OH is 2. The van der Waals surface area contributed by atoms with Crippen LogP contribution in [0.3, 0.4) is 0 Å². The molecule has 0 spiro atoms. The summed E-state index contributed by atoms with van der Waals surface area (Å²) in [4.78, 5) is 3.54. The maximum Gasteiger partial charge on any atom is 0.161 e. The van der Waals surface area contributed by atoms with Crippen LogP contribution in [0.4, 0.5) is 0 Å². The van der Waals surface area contributed by atoms with Crippen molar-refractivity contribution in [2.24, 2.45) is 11.7 Å². The van der Waals surface area contributed by atoms with Crippen LogP contribution in [0.1, 0.15) is 108 Å². The lowest BCUT2D eigenvalue weighted by atomic mass is 9.60. The van der Waals surface area contributed by atoms with Crippen LogP contribution in [0.5, 0.6) is 11.5 Å². The molecule has 2 heterocycles. The third-order valence-electron chi connectivity index (χ3n) is 9.56. The van der Waals surface area contributed by atoms with Gasteiger partial charge in [0.1, 0.15) is 0 Å². The van der Waals surface area contributed by atoms with E-state index in [1.807, 2.05) is 18.3 Å². The highest BCUT2D eigenvalue weighted by atomic mass is 16.5. The molecular formula is C36H55N3O4. The van der Waals surface area contributed by atoms with Crippen molar-refractivity contribution in [3.8, 4) is 11.5 Å². The van der Waals surface area contributed by atoms with E-state index in [9.17, 15) is 15.3 Å². The average Bonchev–Trinajstić information content (AvgIpc) is 3.56. The van der Waals surface area contributed by atoms with Crippen LogP contribution in [0.15, 0.2) is 60.1 Å². The van der Waals surface area contributed by atoms with Gasteiger partial charge in [0.05, 0.1) is 24.6 Å². The summed E-state index contributed by atoms with van der Waals surface area (Å²) < 4.78 is 6.26. The molecule has 238 valence electrons. The van der Waals surface area contributed by atoms with E-state index in [4.69, 9.17) is 10.5 Å². The molecule has 0 radical (unpaired) electrons. The Bertz CT molecular complexity index is 1150. The lowest BCUT2D eigenvalue weighted by molar-refractivity contribution is 0.0697. The Kier molecular flexibility index (Phi) is 12.9. The summed E-state index contributed by atoms with van der Waals surface area (Å²) in [6, 6.07) is 9.78. The zero-order valence-corrected chi connectivity index (χ0v) is 26.2. The van der Waals surface area contributed by atoms with E-state index >= 15 is 0 Å². The zero-order valence-electron chi connectivity index (χ0n) is 26.2. The monoisotopic (exact) mass is 593 g/mol. The molecular weight excluding hydrogens is 538 g/mol. The molecule has 0 saturated heterocycles. The van der Waals surface area contributed by atoms with Gasteiger partial charge in [0, 0.05) is 23.9 Å². The molecule has 1 aromatic carbocycles. The summed E-state index contributed by atoms with van der Waals surface area (Å²) in [5.74, 6) is 1.53. The third-order valence-corrected chi connectivity index (χ3v) is 9.56. The van der Waals surface area contributed by atoms with Gasteiger partial charge < -0.3 is 36.1 Å². The molecule has 1 fully saturated rings. The Balaban J connectivity index is 1.36. The molecule has 2 aromatic rings. The number of benzene rings is 1. The first kappa shape index (κ1) is 33.0. The van der Waals surface area contributed by atoms with Crippen molar-refractivity contribution in [1.29, 1.82) is 0 Å². The number of aryl methyl sites for hydroxylation is 1. The van der Waals surface area contributed by atoms with E-state index < -0.39 is 12.2 Å². The smallest absolute Gasteiger partial charge is 0.161 e. The van der Waals surface area contributed by atoms with E-state index in [1.165, 1.54) is 49.8 Å². The van der Waals surface area contributed by atoms with E-state index in [0.717, 1.165) is 50.6 Å². The Hall–Kier alpha value is -2.90. The van der Waals surface area contributed by atoms with Crippen LogP contribution in [-0.2, 0) is 11.8 Å². The number of nitrogens with one attached hydrogen (secondary N) is 2. The molecule has 1 aromatic heterocycles. The average molecular weight is 594 g/mol. The molecule has 3 unspecified atom stereocenters. The fourth-order valence-corrected chi connectivity index (χ4v) is 7.19. The lowest BCUT2D eigenvalue weighted by Crippen LogP contribution is -2.40. The van der Waals surface area contributed by atoms with E-state index in [0.29, 0.717) is 37.4 Å². The van der Waals surface area contributed by atoms with Crippen molar-refractivity contribution in [1.82, 2.24) is 10.3 Å². The molecule has 7 heteroatoms. The standard InChI is InChI=1S/C36H55N3O4/c1-2-3-4-5-7-11-29(40)26-30(41)15-13-27-14-16-32(42)33(24-27)43-23-18-31(28-17-22-39-35(37)25-28)36(19-8-6-9-20-36)34-12-10-21-38-34/h10,12,14,16-17,21,24-25,29-31,38-42H,2-9,11,13,15,18-20,22-23,26,37H2,1H3. The van der Waals surface area contributed by atoms with Crippen LogP contribution in [0.25, 0.3) is 0 Å². The predicted octanol–water partition coefficient (Wildman–Crippen LogP) is 6.74. The number of dihydropyridines is 1. The van der Waals surface area contributed by atoms with E-state index in [-0.39, 0.29) is 17.1 Å². The minimum Gasteiger partial charge on any atom is -0.504 e. The molecule has 0 amide bonds. The summed E-state index contributed by atoms with van der Waals surface area (Å²) in [6.45, 7) is 3.39. The number of phenols is 1. The van der Waals surface area contributed by atoms with Crippen molar-refractivity contribution in [3.05, 3.63) is 71.3 Å². The largest absolute Gasteiger partial charge is 0.504 e. The molecule has 7 N–H and O–H groups in total. The minimum atomic E-state index is -0.553. The van der Waals surface area contributed by atoms with Crippen LogP contribution in [0.2, 0.25) is 0 Å². The number of rotatable bonds is 18. The maximum absolute atomic E-state index is 10.6. The number of allylic oxidation sites excluding steroid dienone is 2. The summed E-state index contributed by atoms with van der Waals surface area (Å²) >= 11 is 0. The Morgan fingerprint density at radius 3 is 2.51 bits per heavy atom. The fraction of sp³-hybridized carbons (Fsp3) is 0.611. The molecule has 7 nitrogen and oxygen atoms in total. The van der Waals surface area contributed by atoms with Crippen LogP contribution < -0.4 is 15.8 Å². The van der Waals surface area contributed by atoms with Crippen molar-refractivity contribution in [3.63, 3.8) is 0 Å². The van der Waals surface area contributed by atoms with Crippen molar-refractivity contribution in [2.45, 2.75) is 121 Å². The first-order chi connectivity index (χ1) is 20.9. The molecule has 4 rings (SSSR count). The SMILES string of the molecule is CCCCCCCC(O)CC(O)CCc1ccc(O)c(OCCC(C2=CCNC(N)=C2)C2(c3ccc[nH]3)CCCCC2)c1. The number of hydrogen-bond donors (Lipinski definition) is 6. The summed E-state index contributed by atoms with van der Waals surface area (Å²) in [6.07, 6.45) is 20.3. The van der Waals surface area contributed by atoms with Gasteiger partial charge in [-0.3, -0.25) is 0 Å². The van der Waals surface area contributed by atoms with Crippen LogP contribution in [0, 0.1) is 5.92 Å². The number of aliphatic hydroxyl groups is 2. The van der Waals surface area contributed by atoms with Gasteiger partial charge >= 0.3 is 0 Å². The third kappa shape index (κ3) is 9.54. The highest BCUT2D eigenvalue weighted by molar-refractivity contribution is 5.42. The summed E-state index contributed by atoms with van der Waals surface area (Å²) in [5.41, 5.74) is 9.77. The highest BCUT2D eigenvalue weighted by Crippen LogP contribution is 2.49. The Labute approximate surface area is 258 Å².